The van der Waals surface area contributed by atoms with E-state index in [1.54, 1.807) is 4.90 Å². The fourth-order valence-corrected chi connectivity index (χ4v) is 4.15. The third-order valence-electron chi connectivity index (χ3n) is 6.81. The highest BCUT2D eigenvalue weighted by Gasteiger charge is 2.52. The molecule has 2 aromatic rings. The van der Waals surface area contributed by atoms with Crippen LogP contribution in [0, 0.1) is 0 Å². The van der Waals surface area contributed by atoms with Gasteiger partial charge in [0.1, 0.15) is 6.61 Å². The molecule has 174 valence electrons. The fraction of sp³-hybridized carbons (Fsp3) is 0.440. The number of hydrogen-bond acceptors (Lipinski definition) is 6. The number of rotatable bonds is 5. The Morgan fingerprint density at radius 2 is 1.79 bits per heavy atom. The second-order valence-electron chi connectivity index (χ2n) is 9.84. The van der Waals surface area contributed by atoms with Gasteiger partial charge in [-0.1, -0.05) is 12.1 Å². The van der Waals surface area contributed by atoms with Gasteiger partial charge in [-0.2, -0.15) is 0 Å². The van der Waals surface area contributed by atoms with Crippen LogP contribution >= 0.6 is 0 Å². The Balaban J connectivity index is 1.75. The maximum atomic E-state index is 13.3. The van der Waals surface area contributed by atoms with E-state index in [0.717, 1.165) is 16.7 Å². The maximum absolute atomic E-state index is 13.3. The van der Waals surface area contributed by atoms with Crippen molar-refractivity contribution in [1.29, 1.82) is 0 Å². The van der Waals surface area contributed by atoms with Crippen LogP contribution in [0.3, 0.4) is 0 Å². The Morgan fingerprint density at radius 1 is 1.12 bits per heavy atom. The molecule has 2 aliphatic rings. The molecule has 1 fully saturated rings. The predicted octanol–water partition coefficient (Wildman–Crippen LogP) is 3.28. The lowest BCUT2D eigenvalue weighted by molar-refractivity contribution is -0.142. The molecule has 2 heterocycles. The van der Waals surface area contributed by atoms with E-state index >= 15 is 0 Å². The number of carbonyl (C=O) groups excluding carboxylic acids is 2. The molecule has 0 N–H and O–H groups in total. The summed E-state index contributed by atoms with van der Waals surface area (Å²) in [6, 6.07) is 11.5. The van der Waals surface area contributed by atoms with Gasteiger partial charge in [0.15, 0.2) is 0 Å². The SMILES string of the molecule is CC(=O)OCc1c(B2OC(C)(C)C(C)(C)O2)cccc1N1Cc2cc(N(C)C)ccc2C1=O. The minimum Gasteiger partial charge on any atom is -0.461 e. The second-order valence-corrected chi connectivity index (χ2v) is 9.84. The van der Waals surface area contributed by atoms with Gasteiger partial charge in [-0.15, -0.1) is 0 Å². The Bertz CT molecular complexity index is 1100. The van der Waals surface area contributed by atoms with E-state index in [1.165, 1.54) is 6.92 Å². The van der Waals surface area contributed by atoms with Gasteiger partial charge in [0.25, 0.3) is 5.91 Å². The summed E-state index contributed by atoms with van der Waals surface area (Å²) in [6.45, 7) is 9.80. The fourth-order valence-electron chi connectivity index (χ4n) is 4.15. The highest BCUT2D eigenvalue weighted by Crippen LogP contribution is 2.38. The van der Waals surface area contributed by atoms with Gasteiger partial charge in [-0.25, -0.2) is 0 Å². The van der Waals surface area contributed by atoms with E-state index in [9.17, 15) is 9.59 Å². The number of fused-ring (bicyclic) bond motifs is 1. The first-order valence-corrected chi connectivity index (χ1v) is 11.1. The molecule has 2 aromatic carbocycles. The molecule has 8 heteroatoms. The van der Waals surface area contributed by atoms with Gasteiger partial charge in [-0.3, -0.25) is 9.59 Å². The number of hydrogen-bond donors (Lipinski definition) is 0. The van der Waals surface area contributed by atoms with Crippen LogP contribution in [0.2, 0.25) is 0 Å². The summed E-state index contributed by atoms with van der Waals surface area (Å²) in [4.78, 5) is 28.8. The van der Waals surface area contributed by atoms with E-state index in [-0.39, 0.29) is 12.5 Å². The molecule has 0 aliphatic carbocycles. The number of anilines is 2. The van der Waals surface area contributed by atoms with Gasteiger partial charge < -0.3 is 23.8 Å². The van der Waals surface area contributed by atoms with Crippen molar-refractivity contribution >= 4 is 35.8 Å². The van der Waals surface area contributed by atoms with Crippen LogP contribution in [0.5, 0.6) is 0 Å². The third kappa shape index (κ3) is 4.13. The first-order chi connectivity index (χ1) is 15.4. The van der Waals surface area contributed by atoms with Crippen LogP contribution < -0.4 is 15.3 Å². The summed E-state index contributed by atoms with van der Waals surface area (Å²) in [5.74, 6) is -0.471. The smallest absolute Gasteiger partial charge is 0.461 e. The molecule has 0 aromatic heterocycles. The summed E-state index contributed by atoms with van der Waals surface area (Å²) in [5.41, 5.74) is 3.80. The molecule has 0 spiro atoms. The van der Waals surface area contributed by atoms with Crippen LogP contribution in [-0.4, -0.2) is 44.3 Å². The maximum Gasteiger partial charge on any atom is 0.495 e. The first-order valence-electron chi connectivity index (χ1n) is 11.1. The van der Waals surface area contributed by atoms with Gasteiger partial charge >= 0.3 is 13.1 Å². The largest absolute Gasteiger partial charge is 0.495 e. The van der Waals surface area contributed by atoms with E-state index in [2.05, 4.69) is 0 Å². The number of ether oxygens (including phenoxy) is 1. The van der Waals surface area contributed by atoms with Crippen molar-refractivity contribution in [3.63, 3.8) is 0 Å². The second kappa shape index (κ2) is 8.19. The number of benzene rings is 2. The van der Waals surface area contributed by atoms with E-state index < -0.39 is 24.3 Å². The molecule has 7 nitrogen and oxygen atoms in total. The zero-order valence-corrected chi connectivity index (χ0v) is 20.4. The molecule has 0 atom stereocenters. The number of amides is 1. The van der Waals surface area contributed by atoms with Crippen LogP contribution in [-0.2, 0) is 32.0 Å². The number of nitrogens with zero attached hydrogens (tertiary/aromatic N) is 2. The highest BCUT2D eigenvalue weighted by atomic mass is 16.7. The van der Waals surface area contributed by atoms with Crippen molar-refractivity contribution < 1.29 is 23.6 Å². The molecular formula is C25H31BN2O5. The quantitative estimate of drug-likeness (QED) is 0.515. The monoisotopic (exact) mass is 450 g/mol. The van der Waals surface area contributed by atoms with Crippen molar-refractivity contribution in [3.8, 4) is 0 Å². The molecule has 1 saturated heterocycles. The zero-order chi connectivity index (χ0) is 24.1. The van der Waals surface area contributed by atoms with Gasteiger partial charge in [-0.05, 0) is 63.0 Å². The Morgan fingerprint density at radius 3 is 2.39 bits per heavy atom. The van der Waals surface area contributed by atoms with Gasteiger partial charge in [0.2, 0.25) is 0 Å². The Labute approximate surface area is 195 Å². The summed E-state index contributed by atoms with van der Waals surface area (Å²) in [6.07, 6.45) is 0. The molecule has 0 radical (unpaired) electrons. The van der Waals surface area contributed by atoms with Crippen molar-refractivity contribution in [2.45, 2.75) is 59.0 Å². The van der Waals surface area contributed by atoms with Crippen molar-refractivity contribution in [3.05, 3.63) is 53.1 Å². The molecule has 2 aliphatic heterocycles. The summed E-state index contributed by atoms with van der Waals surface area (Å²) in [7, 11) is 3.31. The third-order valence-corrected chi connectivity index (χ3v) is 6.81. The number of carbonyl (C=O) groups is 2. The highest BCUT2D eigenvalue weighted by molar-refractivity contribution is 6.62. The molecule has 33 heavy (non-hydrogen) atoms. The Kier molecular flexibility index (Phi) is 5.79. The normalized spacial score (nSPS) is 18.5. The van der Waals surface area contributed by atoms with Crippen molar-refractivity contribution in [1.82, 2.24) is 0 Å². The lowest BCUT2D eigenvalue weighted by atomic mass is 9.75. The van der Waals surface area contributed by atoms with Gasteiger partial charge in [0, 0.05) is 37.8 Å². The molecule has 0 unspecified atom stereocenters. The molecule has 4 rings (SSSR count). The van der Waals surface area contributed by atoms with E-state index in [0.29, 0.717) is 23.4 Å². The van der Waals surface area contributed by atoms with Crippen molar-refractivity contribution in [2.75, 3.05) is 23.9 Å². The number of esters is 1. The van der Waals surface area contributed by atoms with Crippen molar-refractivity contribution in [2.24, 2.45) is 0 Å². The molecule has 0 saturated carbocycles. The lowest BCUT2D eigenvalue weighted by Gasteiger charge is -2.32. The Hall–Kier alpha value is -2.84. The molecule has 1 amide bonds. The molecular weight excluding hydrogens is 419 g/mol. The van der Waals surface area contributed by atoms with Crippen LogP contribution in [0.4, 0.5) is 11.4 Å². The average Bonchev–Trinajstić information content (AvgIpc) is 3.17. The summed E-state index contributed by atoms with van der Waals surface area (Å²) in [5, 5.41) is 0. The van der Waals surface area contributed by atoms with Crippen LogP contribution in [0.15, 0.2) is 36.4 Å². The standard InChI is InChI=1S/C25H31BN2O5/c1-16(29)31-15-20-21(26-32-24(2,3)25(4,5)33-26)9-8-10-22(20)28-14-17-13-18(27(6)7)11-12-19(17)23(28)30/h8-13H,14-15H2,1-7H3. The van der Waals surface area contributed by atoms with E-state index in [1.807, 2.05) is 83.1 Å². The summed E-state index contributed by atoms with van der Waals surface area (Å²) >= 11 is 0. The predicted molar refractivity (Wildman–Crippen MR) is 129 cm³/mol. The minimum absolute atomic E-state index is 0.0218. The average molecular weight is 450 g/mol. The lowest BCUT2D eigenvalue weighted by Crippen LogP contribution is -2.41. The topological polar surface area (TPSA) is 68.3 Å². The minimum atomic E-state index is -0.638. The summed E-state index contributed by atoms with van der Waals surface area (Å²) < 4.78 is 17.9. The van der Waals surface area contributed by atoms with Crippen LogP contribution in [0.25, 0.3) is 0 Å². The van der Waals surface area contributed by atoms with E-state index in [4.69, 9.17) is 14.0 Å². The first kappa shape index (κ1) is 23.3. The zero-order valence-electron chi connectivity index (χ0n) is 20.4. The van der Waals surface area contributed by atoms with Crippen LogP contribution in [0.1, 0.15) is 56.1 Å². The molecule has 0 bridgehead atoms. The van der Waals surface area contributed by atoms with Gasteiger partial charge in [0.05, 0.1) is 23.4 Å².